The zero-order valence-electron chi connectivity index (χ0n) is 10.6. The van der Waals surface area contributed by atoms with Gasteiger partial charge in [-0.3, -0.25) is 4.98 Å². The summed E-state index contributed by atoms with van der Waals surface area (Å²) in [6.45, 7) is 0.717. The summed E-state index contributed by atoms with van der Waals surface area (Å²) in [6, 6.07) is 16.0. The van der Waals surface area contributed by atoms with Crippen molar-refractivity contribution < 1.29 is 0 Å². The van der Waals surface area contributed by atoms with Crippen LogP contribution in [0.4, 0.5) is 5.69 Å². The largest absolute Gasteiger partial charge is 0.380 e. The first-order valence-corrected chi connectivity index (χ1v) is 7.43. The molecule has 0 spiro atoms. The van der Waals surface area contributed by atoms with Crippen molar-refractivity contribution in [2.24, 2.45) is 0 Å². The Morgan fingerprint density at radius 3 is 2.80 bits per heavy atom. The molecular formula is C16H12BrClN2. The van der Waals surface area contributed by atoms with Gasteiger partial charge in [-0.25, -0.2) is 0 Å². The number of nitrogens with one attached hydrogen (secondary N) is 1. The SMILES string of the molecule is Clc1ccc(NCc2cccc3cccnc23)c(Br)c1. The number of rotatable bonds is 3. The number of pyridine rings is 1. The fourth-order valence-corrected chi connectivity index (χ4v) is 2.96. The molecule has 0 bridgehead atoms. The molecular weight excluding hydrogens is 336 g/mol. The van der Waals surface area contributed by atoms with E-state index in [1.807, 2.05) is 30.5 Å². The highest BCUT2D eigenvalue weighted by Crippen LogP contribution is 2.27. The van der Waals surface area contributed by atoms with Crippen molar-refractivity contribution in [3.63, 3.8) is 0 Å². The molecule has 1 N–H and O–H groups in total. The van der Waals surface area contributed by atoms with Gasteiger partial charge in [0.05, 0.1) is 5.52 Å². The lowest BCUT2D eigenvalue weighted by Gasteiger charge is -2.10. The molecule has 1 heterocycles. The first kappa shape index (κ1) is 13.4. The normalized spacial score (nSPS) is 10.7. The molecule has 0 saturated heterocycles. The van der Waals surface area contributed by atoms with Crippen molar-refractivity contribution in [3.05, 3.63) is 69.8 Å². The number of halogens is 2. The molecule has 1 aromatic heterocycles. The summed E-state index contributed by atoms with van der Waals surface area (Å²) >= 11 is 9.45. The average Bonchev–Trinajstić information content (AvgIpc) is 2.46. The molecule has 0 atom stereocenters. The van der Waals surface area contributed by atoms with Crippen molar-refractivity contribution >= 4 is 44.1 Å². The first-order valence-electron chi connectivity index (χ1n) is 6.25. The van der Waals surface area contributed by atoms with E-state index in [0.29, 0.717) is 11.6 Å². The molecule has 4 heteroatoms. The fourth-order valence-electron chi connectivity index (χ4n) is 2.13. The monoisotopic (exact) mass is 346 g/mol. The van der Waals surface area contributed by atoms with Crippen LogP contribution in [0.3, 0.4) is 0 Å². The molecule has 0 radical (unpaired) electrons. The Balaban J connectivity index is 1.87. The number of hydrogen-bond acceptors (Lipinski definition) is 2. The Morgan fingerprint density at radius 2 is 1.95 bits per heavy atom. The Kier molecular flexibility index (Phi) is 3.90. The van der Waals surface area contributed by atoms with Gasteiger partial charge in [-0.15, -0.1) is 0 Å². The minimum Gasteiger partial charge on any atom is -0.380 e. The summed E-state index contributed by atoms with van der Waals surface area (Å²) < 4.78 is 0.957. The molecule has 3 aromatic rings. The molecule has 0 unspecified atom stereocenters. The van der Waals surface area contributed by atoms with E-state index >= 15 is 0 Å². The minimum atomic E-state index is 0.717. The van der Waals surface area contributed by atoms with Gasteiger partial charge in [-0.05, 0) is 45.8 Å². The van der Waals surface area contributed by atoms with Gasteiger partial charge in [-0.2, -0.15) is 0 Å². The zero-order valence-corrected chi connectivity index (χ0v) is 12.9. The highest BCUT2D eigenvalue weighted by molar-refractivity contribution is 9.10. The highest BCUT2D eigenvalue weighted by Gasteiger charge is 2.04. The highest BCUT2D eigenvalue weighted by atomic mass is 79.9. The second kappa shape index (κ2) is 5.81. The standard InChI is InChI=1S/C16H12BrClN2/c17-14-9-13(18)6-7-15(14)20-10-12-4-1-3-11-5-2-8-19-16(11)12/h1-9,20H,10H2. The van der Waals surface area contributed by atoms with Crippen molar-refractivity contribution in [1.29, 1.82) is 0 Å². The van der Waals surface area contributed by atoms with Gasteiger partial charge in [0.15, 0.2) is 0 Å². The summed E-state index contributed by atoms with van der Waals surface area (Å²) in [5, 5.41) is 5.27. The zero-order chi connectivity index (χ0) is 13.9. The van der Waals surface area contributed by atoms with Gasteiger partial charge in [-0.1, -0.05) is 35.9 Å². The van der Waals surface area contributed by atoms with E-state index in [-0.39, 0.29) is 0 Å². The summed E-state index contributed by atoms with van der Waals surface area (Å²) in [7, 11) is 0. The van der Waals surface area contributed by atoms with E-state index in [9.17, 15) is 0 Å². The number of aromatic nitrogens is 1. The van der Waals surface area contributed by atoms with E-state index in [1.54, 1.807) is 0 Å². The van der Waals surface area contributed by atoms with Crippen LogP contribution in [-0.2, 0) is 6.54 Å². The average molecular weight is 348 g/mol. The molecule has 0 fully saturated rings. The van der Waals surface area contributed by atoms with Crippen LogP contribution >= 0.6 is 27.5 Å². The van der Waals surface area contributed by atoms with Gasteiger partial charge in [0.1, 0.15) is 0 Å². The van der Waals surface area contributed by atoms with Crippen molar-refractivity contribution in [3.8, 4) is 0 Å². The van der Waals surface area contributed by atoms with Crippen LogP contribution in [0.2, 0.25) is 5.02 Å². The van der Waals surface area contributed by atoms with Crippen molar-refractivity contribution in [1.82, 2.24) is 4.98 Å². The van der Waals surface area contributed by atoms with Gasteiger partial charge >= 0.3 is 0 Å². The molecule has 3 rings (SSSR count). The van der Waals surface area contributed by atoms with Gasteiger partial charge in [0.2, 0.25) is 0 Å². The molecule has 2 nitrogen and oxygen atoms in total. The maximum absolute atomic E-state index is 5.94. The fraction of sp³-hybridized carbons (Fsp3) is 0.0625. The van der Waals surface area contributed by atoms with Gasteiger partial charge < -0.3 is 5.32 Å². The Hall–Kier alpha value is -1.58. The number of fused-ring (bicyclic) bond motifs is 1. The van der Waals surface area contributed by atoms with Crippen LogP contribution < -0.4 is 5.32 Å². The second-order valence-corrected chi connectivity index (χ2v) is 5.76. The maximum Gasteiger partial charge on any atom is 0.0751 e. The van der Waals surface area contributed by atoms with Crippen LogP contribution in [0, 0.1) is 0 Å². The molecule has 2 aromatic carbocycles. The number of anilines is 1. The Bertz CT molecular complexity index is 753. The number of hydrogen-bond donors (Lipinski definition) is 1. The lowest BCUT2D eigenvalue weighted by molar-refractivity contribution is 1.15. The molecule has 100 valence electrons. The molecule has 0 aliphatic carbocycles. The van der Waals surface area contributed by atoms with E-state index < -0.39 is 0 Å². The number of benzene rings is 2. The van der Waals surface area contributed by atoms with E-state index in [2.05, 4.69) is 50.5 Å². The maximum atomic E-state index is 5.94. The lowest BCUT2D eigenvalue weighted by atomic mass is 10.1. The van der Waals surface area contributed by atoms with Crippen LogP contribution in [-0.4, -0.2) is 4.98 Å². The van der Waals surface area contributed by atoms with Crippen LogP contribution in [0.25, 0.3) is 10.9 Å². The van der Waals surface area contributed by atoms with Crippen molar-refractivity contribution in [2.45, 2.75) is 6.54 Å². The summed E-state index contributed by atoms with van der Waals surface area (Å²) in [4.78, 5) is 4.46. The smallest absolute Gasteiger partial charge is 0.0751 e. The van der Waals surface area contributed by atoms with Crippen LogP contribution in [0.5, 0.6) is 0 Å². The van der Waals surface area contributed by atoms with E-state index in [0.717, 1.165) is 21.1 Å². The predicted octanol–water partition coefficient (Wildman–Crippen LogP) is 5.26. The second-order valence-electron chi connectivity index (χ2n) is 4.47. The Labute approximate surface area is 130 Å². The molecule has 0 saturated carbocycles. The van der Waals surface area contributed by atoms with Crippen LogP contribution in [0.1, 0.15) is 5.56 Å². The third-order valence-corrected chi connectivity index (χ3v) is 4.01. The quantitative estimate of drug-likeness (QED) is 0.699. The van der Waals surface area contributed by atoms with Gasteiger partial charge in [0, 0.05) is 33.3 Å². The summed E-state index contributed by atoms with van der Waals surface area (Å²) in [5.74, 6) is 0. The third-order valence-electron chi connectivity index (χ3n) is 3.12. The summed E-state index contributed by atoms with van der Waals surface area (Å²) in [5.41, 5.74) is 3.22. The summed E-state index contributed by atoms with van der Waals surface area (Å²) in [6.07, 6.45) is 1.82. The predicted molar refractivity (Wildman–Crippen MR) is 88.2 cm³/mol. The Morgan fingerprint density at radius 1 is 1.10 bits per heavy atom. The van der Waals surface area contributed by atoms with Crippen molar-refractivity contribution in [2.75, 3.05) is 5.32 Å². The topological polar surface area (TPSA) is 24.9 Å². The molecule has 0 aliphatic heterocycles. The number of para-hydroxylation sites is 1. The molecule has 0 aliphatic rings. The van der Waals surface area contributed by atoms with Crippen LogP contribution in [0.15, 0.2) is 59.2 Å². The number of nitrogens with zero attached hydrogens (tertiary/aromatic N) is 1. The molecule has 0 amide bonds. The first-order chi connectivity index (χ1) is 9.74. The van der Waals surface area contributed by atoms with E-state index in [1.165, 1.54) is 5.56 Å². The lowest BCUT2D eigenvalue weighted by Crippen LogP contribution is -2.01. The van der Waals surface area contributed by atoms with Gasteiger partial charge in [0.25, 0.3) is 0 Å². The minimum absolute atomic E-state index is 0.717. The third kappa shape index (κ3) is 2.79. The molecule has 20 heavy (non-hydrogen) atoms. The van der Waals surface area contributed by atoms with E-state index in [4.69, 9.17) is 11.6 Å².